The molecule has 2 aliphatic heterocycles. The SMILES string of the molecule is COC(=O)C1=C[C@H]2C(=O)N(c3ccccc3)C(=O)[C@H]2[C@@]12C(=O)N(Cc1ccccc1)c1ccccc12. The molecular formula is C29H22N2O5. The summed E-state index contributed by atoms with van der Waals surface area (Å²) in [6.07, 6.45) is 1.47. The Kier molecular flexibility index (Phi) is 4.89. The summed E-state index contributed by atoms with van der Waals surface area (Å²) < 4.78 is 5.07. The van der Waals surface area contributed by atoms with Crippen molar-refractivity contribution in [1.29, 1.82) is 0 Å². The standard InChI is InChI=1S/C29H22N2O5/c1-36-27(34)22-16-20-24(26(33)31(25(20)32)19-12-6-3-7-13-19)29(22)21-14-8-9-15-23(21)30(28(29)35)17-18-10-4-2-5-11-18/h2-16,20,24H,17H2,1H3/t20-,24+,29+/m1/s1. The third-order valence-electron chi connectivity index (χ3n) is 7.39. The van der Waals surface area contributed by atoms with Gasteiger partial charge in [-0.1, -0.05) is 72.8 Å². The Labute approximate surface area is 207 Å². The fourth-order valence-electron chi connectivity index (χ4n) is 5.93. The van der Waals surface area contributed by atoms with Gasteiger partial charge in [0.05, 0.1) is 36.8 Å². The van der Waals surface area contributed by atoms with Crippen molar-refractivity contribution >= 4 is 35.1 Å². The summed E-state index contributed by atoms with van der Waals surface area (Å²) in [5.74, 6) is -4.14. The van der Waals surface area contributed by atoms with E-state index >= 15 is 0 Å². The van der Waals surface area contributed by atoms with Gasteiger partial charge in [-0.25, -0.2) is 9.69 Å². The summed E-state index contributed by atoms with van der Waals surface area (Å²) in [6.45, 7) is 0.259. The van der Waals surface area contributed by atoms with Gasteiger partial charge in [-0.05, 0) is 29.3 Å². The Hall–Kier alpha value is -4.52. The maximum atomic E-state index is 14.5. The fourth-order valence-corrected chi connectivity index (χ4v) is 5.93. The Morgan fingerprint density at radius 1 is 0.861 bits per heavy atom. The molecule has 7 nitrogen and oxygen atoms in total. The molecule has 3 aliphatic rings. The van der Waals surface area contributed by atoms with E-state index in [0.717, 1.165) is 10.5 Å². The van der Waals surface area contributed by atoms with E-state index in [0.29, 0.717) is 16.9 Å². The third kappa shape index (κ3) is 2.80. The summed E-state index contributed by atoms with van der Waals surface area (Å²) >= 11 is 0. The predicted octanol–water partition coefficient (Wildman–Crippen LogP) is 3.39. The minimum atomic E-state index is -1.65. The zero-order valence-electron chi connectivity index (χ0n) is 19.5. The van der Waals surface area contributed by atoms with Crippen LogP contribution in [0.5, 0.6) is 0 Å². The van der Waals surface area contributed by atoms with E-state index in [2.05, 4.69) is 0 Å². The van der Waals surface area contributed by atoms with Gasteiger partial charge in [-0.15, -0.1) is 0 Å². The van der Waals surface area contributed by atoms with E-state index in [1.54, 1.807) is 47.4 Å². The van der Waals surface area contributed by atoms with Gasteiger partial charge in [0.25, 0.3) is 0 Å². The number of nitrogens with zero attached hydrogens (tertiary/aromatic N) is 2. The molecule has 0 N–H and O–H groups in total. The van der Waals surface area contributed by atoms with Gasteiger partial charge in [0.15, 0.2) is 0 Å². The molecule has 1 spiro atoms. The van der Waals surface area contributed by atoms with Crippen molar-refractivity contribution in [2.45, 2.75) is 12.0 Å². The van der Waals surface area contributed by atoms with E-state index in [9.17, 15) is 19.2 Å². The molecule has 0 bridgehead atoms. The highest BCUT2D eigenvalue weighted by molar-refractivity contribution is 6.29. The van der Waals surface area contributed by atoms with Gasteiger partial charge in [-0.3, -0.25) is 14.4 Å². The lowest BCUT2D eigenvalue weighted by atomic mass is 9.67. The summed E-state index contributed by atoms with van der Waals surface area (Å²) in [5.41, 5.74) is 0.869. The molecule has 2 heterocycles. The van der Waals surface area contributed by atoms with Crippen LogP contribution in [0.4, 0.5) is 11.4 Å². The normalized spacial score (nSPS) is 24.2. The van der Waals surface area contributed by atoms with Crippen molar-refractivity contribution < 1.29 is 23.9 Å². The van der Waals surface area contributed by atoms with Crippen molar-refractivity contribution in [2.24, 2.45) is 11.8 Å². The molecule has 1 fully saturated rings. The van der Waals surface area contributed by atoms with Gasteiger partial charge in [-0.2, -0.15) is 0 Å². The number of amides is 3. The molecule has 3 amide bonds. The summed E-state index contributed by atoms with van der Waals surface area (Å²) in [5, 5.41) is 0. The minimum Gasteiger partial charge on any atom is -0.466 e. The molecule has 0 aromatic heterocycles. The van der Waals surface area contributed by atoms with Crippen molar-refractivity contribution in [2.75, 3.05) is 16.9 Å². The minimum absolute atomic E-state index is 0.0439. The predicted molar refractivity (Wildman–Crippen MR) is 132 cm³/mol. The smallest absolute Gasteiger partial charge is 0.334 e. The molecule has 0 unspecified atom stereocenters. The Morgan fingerprint density at radius 3 is 2.19 bits per heavy atom. The van der Waals surface area contributed by atoms with E-state index < -0.39 is 40.9 Å². The number of carbonyl (C=O) groups excluding carboxylic acids is 4. The van der Waals surface area contributed by atoms with E-state index in [1.165, 1.54) is 13.2 Å². The van der Waals surface area contributed by atoms with Crippen LogP contribution in [0.15, 0.2) is 96.6 Å². The summed E-state index contributed by atoms with van der Waals surface area (Å²) in [7, 11) is 1.23. The highest BCUT2D eigenvalue weighted by Crippen LogP contribution is 2.60. The van der Waals surface area contributed by atoms with Crippen LogP contribution in [0.2, 0.25) is 0 Å². The Bertz CT molecular complexity index is 1450. The topological polar surface area (TPSA) is 84.0 Å². The van der Waals surface area contributed by atoms with Gasteiger partial charge in [0, 0.05) is 5.69 Å². The first kappa shape index (κ1) is 22.0. The first-order valence-corrected chi connectivity index (χ1v) is 11.7. The number of rotatable bonds is 4. The molecule has 1 aliphatic carbocycles. The lowest BCUT2D eigenvalue weighted by molar-refractivity contribution is -0.139. The van der Waals surface area contributed by atoms with Crippen molar-refractivity contribution in [3.05, 3.63) is 108 Å². The van der Waals surface area contributed by atoms with Crippen molar-refractivity contribution in [1.82, 2.24) is 0 Å². The molecule has 7 heteroatoms. The van der Waals surface area contributed by atoms with Gasteiger partial charge in [0.1, 0.15) is 5.41 Å². The molecule has 1 saturated heterocycles. The number of carbonyl (C=O) groups is 4. The van der Waals surface area contributed by atoms with E-state index in [-0.39, 0.29) is 12.1 Å². The van der Waals surface area contributed by atoms with Crippen molar-refractivity contribution in [3.8, 4) is 0 Å². The quantitative estimate of drug-likeness (QED) is 0.424. The average molecular weight is 479 g/mol. The molecule has 36 heavy (non-hydrogen) atoms. The number of para-hydroxylation sites is 2. The third-order valence-corrected chi connectivity index (χ3v) is 7.39. The fraction of sp³-hybridized carbons (Fsp3) is 0.172. The number of anilines is 2. The van der Waals surface area contributed by atoms with Crippen LogP contribution in [-0.4, -0.2) is 30.8 Å². The van der Waals surface area contributed by atoms with E-state index in [4.69, 9.17) is 4.74 Å². The van der Waals surface area contributed by atoms with Gasteiger partial charge >= 0.3 is 5.97 Å². The van der Waals surface area contributed by atoms with Crippen LogP contribution in [0.1, 0.15) is 11.1 Å². The number of imide groups is 1. The highest BCUT2D eigenvalue weighted by atomic mass is 16.5. The molecule has 6 rings (SSSR count). The zero-order chi connectivity index (χ0) is 25.0. The number of benzene rings is 3. The maximum absolute atomic E-state index is 14.5. The maximum Gasteiger partial charge on any atom is 0.334 e. The lowest BCUT2D eigenvalue weighted by Crippen LogP contribution is -2.50. The molecule has 178 valence electrons. The van der Waals surface area contributed by atoms with Crippen LogP contribution >= 0.6 is 0 Å². The molecule has 3 aromatic carbocycles. The number of esters is 1. The Balaban J connectivity index is 1.55. The Morgan fingerprint density at radius 2 is 1.50 bits per heavy atom. The molecule has 3 aromatic rings. The van der Waals surface area contributed by atoms with Crippen molar-refractivity contribution in [3.63, 3.8) is 0 Å². The first-order chi connectivity index (χ1) is 17.5. The zero-order valence-corrected chi connectivity index (χ0v) is 19.5. The summed E-state index contributed by atoms with van der Waals surface area (Å²) in [4.78, 5) is 57.8. The van der Waals surface area contributed by atoms with Crippen LogP contribution in [0.25, 0.3) is 0 Å². The number of hydrogen-bond donors (Lipinski definition) is 0. The second-order valence-electron chi connectivity index (χ2n) is 9.12. The second kappa shape index (κ2) is 8.02. The van der Waals surface area contributed by atoms with E-state index in [1.807, 2.05) is 42.5 Å². The summed E-state index contributed by atoms with van der Waals surface area (Å²) in [6, 6.07) is 25.3. The molecule has 3 atom stereocenters. The molecule has 0 radical (unpaired) electrons. The van der Waals surface area contributed by atoms with Crippen LogP contribution in [0, 0.1) is 11.8 Å². The number of ether oxygens (including phenoxy) is 1. The number of hydrogen-bond acceptors (Lipinski definition) is 5. The van der Waals surface area contributed by atoms with Crippen LogP contribution in [0.3, 0.4) is 0 Å². The number of methoxy groups -OCH3 is 1. The van der Waals surface area contributed by atoms with Crippen LogP contribution < -0.4 is 9.80 Å². The monoisotopic (exact) mass is 478 g/mol. The highest BCUT2D eigenvalue weighted by Gasteiger charge is 2.71. The largest absolute Gasteiger partial charge is 0.466 e. The first-order valence-electron chi connectivity index (χ1n) is 11.7. The average Bonchev–Trinajstić information content (AvgIpc) is 3.48. The van der Waals surface area contributed by atoms with Gasteiger partial charge < -0.3 is 9.64 Å². The second-order valence-corrected chi connectivity index (χ2v) is 9.12. The molecular weight excluding hydrogens is 456 g/mol. The molecule has 0 saturated carbocycles. The van der Waals surface area contributed by atoms with Gasteiger partial charge in [0.2, 0.25) is 17.7 Å². The number of fused-ring (bicyclic) bond motifs is 4. The van der Waals surface area contributed by atoms with Crippen LogP contribution in [-0.2, 0) is 35.9 Å². The lowest BCUT2D eigenvalue weighted by Gasteiger charge is -2.31.